The Labute approximate surface area is 172 Å². The van der Waals surface area contributed by atoms with Gasteiger partial charge in [0.05, 0.1) is 6.07 Å². The maximum atomic E-state index is 13.2. The van der Waals surface area contributed by atoms with E-state index in [9.17, 15) is 24.4 Å². The van der Waals surface area contributed by atoms with E-state index in [4.69, 9.17) is 4.74 Å². The molecule has 1 aromatic rings. The molecule has 2 atom stereocenters. The third-order valence-electron chi connectivity index (χ3n) is 5.86. The molecule has 2 heterocycles. The zero-order valence-corrected chi connectivity index (χ0v) is 16.4. The number of hydrogen-bond donors (Lipinski definition) is 2. The van der Waals surface area contributed by atoms with Crippen molar-refractivity contribution in [3.05, 3.63) is 29.3 Å². The second-order valence-corrected chi connectivity index (χ2v) is 7.54. The van der Waals surface area contributed by atoms with Crippen LogP contribution in [-0.4, -0.2) is 59.9 Å². The predicted octanol–water partition coefficient (Wildman–Crippen LogP) is 1.07. The molecule has 0 radical (unpaired) electrons. The summed E-state index contributed by atoms with van der Waals surface area (Å²) < 4.78 is 5.52. The van der Waals surface area contributed by atoms with Gasteiger partial charge in [0.1, 0.15) is 12.6 Å². The maximum Gasteiger partial charge on any atom is 0.418 e. The van der Waals surface area contributed by atoms with E-state index in [1.165, 1.54) is 11.9 Å². The van der Waals surface area contributed by atoms with Crippen LogP contribution in [0.5, 0.6) is 0 Å². The van der Waals surface area contributed by atoms with E-state index < -0.39 is 36.1 Å². The van der Waals surface area contributed by atoms with Crippen molar-refractivity contribution in [2.75, 3.05) is 25.5 Å². The van der Waals surface area contributed by atoms with Gasteiger partial charge in [-0.2, -0.15) is 5.26 Å². The van der Waals surface area contributed by atoms with Gasteiger partial charge in [-0.3, -0.25) is 9.59 Å². The van der Waals surface area contributed by atoms with Crippen LogP contribution in [0.4, 0.5) is 15.3 Å². The summed E-state index contributed by atoms with van der Waals surface area (Å²) >= 11 is 0. The highest BCUT2D eigenvalue weighted by Crippen LogP contribution is 2.46. The number of nitriles is 1. The zero-order valence-electron chi connectivity index (χ0n) is 16.4. The first-order valence-electron chi connectivity index (χ1n) is 9.76. The second-order valence-electron chi connectivity index (χ2n) is 7.54. The molecule has 4 rings (SSSR count). The number of urea groups is 1. The highest BCUT2D eigenvalue weighted by Gasteiger charge is 2.58. The monoisotopic (exact) mass is 411 g/mol. The summed E-state index contributed by atoms with van der Waals surface area (Å²) in [5.74, 6) is -1.01. The van der Waals surface area contributed by atoms with Crippen LogP contribution in [0.25, 0.3) is 0 Å². The summed E-state index contributed by atoms with van der Waals surface area (Å²) in [5, 5.41) is 14.3. The molecule has 3 aliphatic rings. The van der Waals surface area contributed by atoms with Crippen LogP contribution in [-0.2, 0) is 26.3 Å². The molecule has 0 unspecified atom stereocenters. The molecule has 156 valence electrons. The topological polar surface area (TPSA) is 132 Å². The lowest BCUT2D eigenvalue weighted by Crippen LogP contribution is -2.45. The summed E-state index contributed by atoms with van der Waals surface area (Å²) in [5.41, 5.74) is 0.472. The maximum absolute atomic E-state index is 13.2. The van der Waals surface area contributed by atoms with Crippen LogP contribution in [0, 0.1) is 11.3 Å². The van der Waals surface area contributed by atoms with Gasteiger partial charge in [0.25, 0.3) is 5.91 Å². The number of aryl methyl sites for hydroxylation is 1. The van der Waals surface area contributed by atoms with Crippen molar-refractivity contribution in [2.45, 2.75) is 37.3 Å². The minimum atomic E-state index is -1.45. The molecule has 30 heavy (non-hydrogen) atoms. The van der Waals surface area contributed by atoms with E-state index in [1.807, 2.05) is 0 Å². The zero-order chi connectivity index (χ0) is 21.5. The van der Waals surface area contributed by atoms with E-state index in [1.54, 1.807) is 18.2 Å². The average molecular weight is 411 g/mol. The highest BCUT2D eigenvalue weighted by atomic mass is 16.6. The van der Waals surface area contributed by atoms with Gasteiger partial charge < -0.3 is 20.3 Å². The lowest BCUT2D eigenvalue weighted by atomic mass is 9.94. The minimum absolute atomic E-state index is 0.269. The molecule has 2 N–H and O–H groups in total. The Bertz CT molecular complexity index is 986. The lowest BCUT2D eigenvalue weighted by molar-refractivity contribution is -0.141. The first-order chi connectivity index (χ1) is 14.4. The van der Waals surface area contributed by atoms with Crippen molar-refractivity contribution in [2.24, 2.45) is 0 Å². The Morgan fingerprint density at radius 2 is 2.17 bits per heavy atom. The number of carbonyl (C=O) groups excluding carboxylic acids is 4. The van der Waals surface area contributed by atoms with Crippen molar-refractivity contribution >= 4 is 29.6 Å². The number of rotatable bonds is 3. The summed E-state index contributed by atoms with van der Waals surface area (Å²) in [6, 6.07) is 6.23. The molecular formula is C20H21N5O5. The number of imide groups is 1. The van der Waals surface area contributed by atoms with Crippen LogP contribution in [0.3, 0.4) is 0 Å². The van der Waals surface area contributed by atoms with Gasteiger partial charge in [-0.25, -0.2) is 14.5 Å². The average Bonchev–Trinajstić information content (AvgIpc) is 3.41. The molecule has 2 aliphatic heterocycles. The lowest BCUT2D eigenvalue weighted by Gasteiger charge is -2.23. The van der Waals surface area contributed by atoms with Crippen LogP contribution >= 0.6 is 0 Å². The smallest absolute Gasteiger partial charge is 0.418 e. The third-order valence-corrected chi connectivity index (χ3v) is 5.86. The van der Waals surface area contributed by atoms with Crippen molar-refractivity contribution in [3.63, 3.8) is 0 Å². The van der Waals surface area contributed by atoms with Crippen molar-refractivity contribution < 1.29 is 23.9 Å². The number of fused-ring (bicyclic) bond motifs is 2. The number of carbonyl (C=O) groups is 4. The Hall–Kier alpha value is -3.61. The van der Waals surface area contributed by atoms with Crippen molar-refractivity contribution in [1.82, 2.24) is 15.1 Å². The predicted molar refractivity (Wildman–Crippen MR) is 103 cm³/mol. The molecule has 2 saturated heterocycles. The van der Waals surface area contributed by atoms with Gasteiger partial charge in [0.2, 0.25) is 11.5 Å². The Morgan fingerprint density at radius 1 is 1.37 bits per heavy atom. The van der Waals surface area contributed by atoms with E-state index in [0.29, 0.717) is 37.1 Å². The number of likely N-dealkylation sites (tertiary alicyclic amines) is 1. The summed E-state index contributed by atoms with van der Waals surface area (Å²) in [7, 11) is 1.51. The van der Waals surface area contributed by atoms with E-state index in [0.717, 1.165) is 10.5 Å². The summed E-state index contributed by atoms with van der Waals surface area (Å²) in [4.78, 5) is 52.0. The molecule has 0 aromatic heterocycles. The van der Waals surface area contributed by atoms with Crippen LogP contribution in [0.15, 0.2) is 18.2 Å². The molecular weight excluding hydrogens is 390 g/mol. The number of ether oxygens (including phenoxy) is 1. The third kappa shape index (κ3) is 3.03. The molecule has 10 nitrogen and oxygen atoms in total. The van der Waals surface area contributed by atoms with Gasteiger partial charge in [0.15, 0.2) is 0 Å². The number of nitrogens with one attached hydrogen (secondary N) is 2. The van der Waals surface area contributed by atoms with Crippen LogP contribution < -0.4 is 10.6 Å². The van der Waals surface area contributed by atoms with Crippen molar-refractivity contribution in [3.8, 4) is 6.07 Å². The number of benzene rings is 1. The Morgan fingerprint density at radius 3 is 2.90 bits per heavy atom. The molecule has 0 bridgehead atoms. The molecule has 5 amide bonds. The molecule has 1 aliphatic carbocycles. The van der Waals surface area contributed by atoms with Crippen molar-refractivity contribution in [1.29, 1.82) is 5.26 Å². The second kappa shape index (κ2) is 7.33. The molecule has 10 heteroatoms. The van der Waals surface area contributed by atoms with E-state index in [-0.39, 0.29) is 12.5 Å². The number of amides is 5. The fraction of sp³-hybridized carbons (Fsp3) is 0.450. The Balaban J connectivity index is 1.54. The molecule has 0 saturated carbocycles. The number of hydrogen-bond acceptors (Lipinski definition) is 6. The molecule has 1 spiro atoms. The highest BCUT2D eigenvalue weighted by molar-refractivity contribution is 6.06. The minimum Gasteiger partial charge on any atom is -0.427 e. The van der Waals surface area contributed by atoms with E-state index in [2.05, 4.69) is 16.7 Å². The van der Waals surface area contributed by atoms with Gasteiger partial charge >= 0.3 is 12.1 Å². The SMILES string of the molecule is CNC(=O)Nc1ccc2c(c1)CC[C@@]21OC(=O)N(CC(=O)N2CCC[C@H]2C#N)C1=O. The molecule has 1 aromatic carbocycles. The normalized spacial score (nSPS) is 24.6. The fourth-order valence-electron chi connectivity index (χ4n) is 4.35. The van der Waals surface area contributed by atoms with Crippen LogP contribution in [0.2, 0.25) is 0 Å². The largest absolute Gasteiger partial charge is 0.427 e. The summed E-state index contributed by atoms with van der Waals surface area (Å²) in [6.07, 6.45) is 1.20. The van der Waals surface area contributed by atoms with Crippen LogP contribution in [0.1, 0.15) is 30.4 Å². The number of nitrogens with zero attached hydrogens (tertiary/aromatic N) is 3. The van der Waals surface area contributed by atoms with Gasteiger partial charge in [-0.1, -0.05) is 6.07 Å². The Kier molecular flexibility index (Phi) is 4.81. The first kappa shape index (κ1) is 19.7. The van der Waals surface area contributed by atoms with Gasteiger partial charge in [0, 0.05) is 31.3 Å². The molecule has 2 fully saturated rings. The number of anilines is 1. The fourth-order valence-corrected chi connectivity index (χ4v) is 4.35. The standard InChI is InChI=1S/C20H21N5O5/c1-22-18(28)23-13-4-5-15-12(9-13)6-7-20(15)17(27)25(19(29)30-20)11-16(26)24-8-2-3-14(24)10-21/h4-5,9,14H,2-3,6-8,11H2,1H3,(H2,22,23,28)/t14-,20+/m0/s1. The first-order valence-corrected chi connectivity index (χ1v) is 9.76. The quantitative estimate of drug-likeness (QED) is 0.765. The van der Waals surface area contributed by atoms with Gasteiger partial charge in [-0.05, 0) is 37.0 Å². The van der Waals surface area contributed by atoms with E-state index >= 15 is 0 Å². The summed E-state index contributed by atoms with van der Waals surface area (Å²) in [6.45, 7) is -0.00747. The van der Waals surface area contributed by atoms with Gasteiger partial charge in [-0.15, -0.1) is 0 Å².